The first-order chi connectivity index (χ1) is 28.3. The van der Waals surface area contributed by atoms with Crippen molar-refractivity contribution in [3.63, 3.8) is 0 Å². The predicted molar refractivity (Wildman–Crippen MR) is 218 cm³/mol. The van der Waals surface area contributed by atoms with Crippen LogP contribution >= 0.6 is 0 Å². The van der Waals surface area contributed by atoms with E-state index in [9.17, 15) is 19.2 Å². The van der Waals surface area contributed by atoms with Crippen molar-refractivity contribution in [1.29, 1.82) is 0 Å². The van der Waals surface area contributed by atoms with Gasteiger partial charge in [0.15, 0.2) is 0 Å². The van der Waals surface area contributed by atoms with Crippen LogP contribution in [0.5, 0.6) is 40.2 Å². The summed E-state index contributed by atoms with van der Waals surface area (Å²) in [6.07, 6.45) is 8.89. The zero-order chi connectivity index (χ0) is 41.1. The van der Waals surface area contributed by atoms with E-state index in [1.807, 2.05) is 0 Å². The van der Waals surface area contributed by atoms with Gasteiger partial charge in [0.2, 0.25) is 0 Å². The molecule has 5 rings (SSSR count). The van der Waals surface area contributed by atoms with Crippen molar-refractivity contribution in [3.8, 4) is 40.2 Å². The zero-order valence-electron chi connectivity index (χ0n) is 33.0. The fourth-order valence-corrected chi connectivity index (χ4v) is 5.62. The van der Waals surface area contributed by atoms with Gasteiger partial charge in [-0.05, 0) is 128 Å². The van der Waals surface area contributed by atoms with Gasteiger partial charge < -0.3 is 33.2 Å². The molecule has 0 aromatic heterocycles. The lowest BCUT2D eigenvalue weighted by atomic mass is 10.1. The Balaban J connectivity index is 1.11. The predicted octanol–water partition coefficient (Wildman–Crippen LogP) is 10.5. The molecule has 0 spiro atoms. The molecule has 5 aromatic carbocycles. The normalized spacial score (nSPS) is 10.6. The van der Waals surface area contributed by atoms with Crippen molar-refractivity contribution < 1.29 is 52.3 Å². The fourth-order valence-electron chi connectivity index (χ4n) is 5.62. The number of hydrogen-bond acceptors (Lipinski definition) is 11. The van der Waals surface area contributed by atoms with E-state index in [1.54, 1.807) is 48.5 Å². The maximum absolute atomic E-state index is 13.2. The molecular weight excluding hydrogens is 741 g/mol. The van der Waals surface area contributed by atoms with Gasteiger partial charge in [-0.2, -0.15) is 0 Å². The van der Waals surface area contributed by atoms with Crippen LogP contribution < -0.4 is 33.2 Å². The lowest BCUT2D eigenvalue weighted by Crippen LogP contribution is -2.14. The van der Waals surface area contributed by atoms with Crippen LogP contribution in [0.1, 0.15) is 107 Å². The molecule has 0 saturated carbocycles. The van der Waals surface area contributed by atoms with Gasteiger partial charge in [-0.25, -0.2) is 19.2 Å². The lowest BCUT2D eigenvalue weighted by Gasteiger charge is -2.11. The summed E-state index contributed by atoms with van der Waals surface area (Å²) < 4.78 is 38.8. The van der Waals surface area contributed by atoms with Gasteiger partial charge in [-0.15, -0.1) is 0 Å². The first-order valence-electron chi connectivity index (χ1n) is 19.5. The first-order valence-corrected chi connectivity index (χ1v) is 19.5. The van der Waals surface area contributed by atoms with E-state index in [0.717, 1.165) is 38.5 Å². The Hall–Kier alpha value is -6.62. The van der Waals surface area contributed by atoms with Crippen LogP contribution in [0, 0.1) is 0 Å². The summed E-state index contributed by atoms with van der Waals surface area (Å²) in [6, 6.07) is 29.6. The van der Waals surface area contributed by atoms with E-state index < -0.39 is 23.9 Å². The van der Waals surface area contributed by atoms with Crippen LogP contribution in [0.4, 0.5) is 0 Å². The molecule has 0 saturated heterocycles. The average Bonchev–Trinajstić information content (AvgIpc) is 3.25. The third kappa shape index (κ3) is 13.0. The van der Waals surface area contributed by atoms with Gasteiger partial charge in [0, 0.05) is 0 Å². The summed E-state index contributed by atoms with van der Waals surface area (Å²) in [5.74, 6) is -0.130. The molecule has 0 aliphatic carbocycles. The molecule has 0 atom stereocenters. The van der Waals surface area contributed by atoms with Crippen molar-refractivity contribution in [2.24, 2.45) is 0 Å². The van der Waals surface area contributed by atoms with E-state index in [1.165, 1.54) is 86.7 Å². The van der Waals surface area contributed by atoms with E-state index in [0.29, 0.717) is 36.2 Å². The Kier molecular flexibility index (Phi) is 16.3. The number of esters is 4. The van der Waals surface area contributed by atoms with Crippen LogP contribution in [0.15, 0.2) is 115 Å². The summed E-state index contributed by atoms with van der Waals surface area (Å²) in [5, 5.41) is 0. The van der Waals surface area contributed by atoms with Gasteiger partial charge in [-0.1, -0.05) is 52.4 Å². The van der Waals surface area contributed by atoms with Crippen molar-refractivity contribution in [2.45, 2.75) is 65.2 Å². The molecule has 0 fully saturated rings. The van der Waals surface area contributed by atoms with Crippen molar-refractivity contribution in [1.82, 2.24) is 0 Å². The van der Waals surface area contributed by atoms with Crippen LogP contribution in [-0.2, 0) is 0 Å². The Morgan fingerprint density at radius 2 is 0.741 bits per heavy atom. The summed E-state index contributed by atoms with van der Waals surface area (Å²) >= 11 is 0. The molecule has 11 heteroatoms. The second-order valence-electron chi connectivity index (χ2n) is 13.3. The van der Waals surface area contributed by atoms with E-state index >= 15 is 0 Å². The minimum absolute atomic E-state index is 0.0292. The molecule has 0 radical (unpaired) electrons. The number of rotatable bonds is 21. The van der Waals surface area contributed by atoms with Crippen LogP contribution in [0.3, 0.4) is 0 Å². The molecule has 0 amide bonds. The maximum Gasteiger partial charge on any atom is 0.347 e. The minimum Gasteiger partial charge on any atom is -0.496 e. The summed E-state index contributed by atoms with van der Waals surface area (Å²) in [5.41, 5.74) is 0.513. The number of benzene rings is 5. The number of methoxy groups -OCH3 is 1. The maximum atomic E-state index is 13.2. The SMILES string of the molecule is CCCCCCOc1ccc(OC(=O)c2ccc(OC(=O)c3ccc(OC)c(C(=O)Oc4ccc(C(=O)Oc5ccc(OCCCCCC)cc5)cc4)c3)cc2)cc1. The number of carbonyl (C=O) groups is 4. The van der Waals surface area contributed by atoms with Crippen molar-refractivity contribution in [3.05, 3.63) is 138 Å². The topological polar surface area (TPSA) is 133 Å². The molecule has 58 heavy (non-hydrogen) atoms. The Morgan fingerprint density at radius 3 is 1.14 bits per heavy atom. The molecule has 0 bridgehead atoms. The highest BCUT2D eigenvalue weighted by Crippen LogP contribution is 2.26. The Labute approximate surface area is 338 Å². The molecular formula is C47H48O11. The molecule has 302 valence electrons. The minimum atomic E-state index is -0.804. The second kappa shape index (κ2) is 22.2. The van der Waals surface area contributed by atoms with Gasteiger partial charge in [0.25, 0.3) is 0 Å². The van der Waals surface area contributed by atoms with Gasteiger partial charge in [0.1, 0.15) is 45.8 Å². The molecule has 11 nitrogen and oxygen atoms in total. The number of carbonyl (C=O) groups excluding carboxylic acids is 4. The van der Waals surface area contributed by atoms with Crippen LogP contribution in [0.25, 0.3) is 0 Å². The third-order valence-electron chi connectivity index (χ3n) is 8.86. The third-order valence-corrected chi connectivity index (χ3v) is 8.86. The largest absolute Gasteiger partial charge is 0.496 e. The quantitative estimate of drug-likeness (QED) is 0.0400. The monoisotopic (exact) mass is 788 g/mol. The first kappa shape index (κ1) is 42.5. The van der Waals surface area contributed by atoms with E-state index in [-0.39, 0.29) is 39.5 Å². The molecule has 0 unspecified atom stereocenters. The average molecular weight is 789 g/mol. The van der Waals surface area contributed by atoms with E-state index in [4.69, 9.17) is 33.2 Å². The Morgan fingerprint density at radius 1 is 0.397 bits per heavy atom. The lowest BCUT2D eigenvalue weighted by molar-refractivity contribution is 0.0722. The highest BCUT2D eigenvalue weighted by Gasteiger charge is 2.20. The molecule has 0 aliphatic rings. The van der Waals surface area contributed by atoms with Gasteiger partial charge in [-0.3, -0.25) is 0 Å². The highest BCUT2D eigenvalue weighted by atomic mass is 16.6. The van der Waals surface area contributed by atoms with Crippen molar-refractivity contribution in [2.75, 3.05) is 20.3 Å². The summed E-state index contributed by atoms with van der Waals surface area (Å²) in [4.78, 5) is 51.9. The van der Waals surface area contributed by atoms with Crippen molar-refractivity contribution >= 4 is 23.9 Å². The standard InChI is InChI=1S/C47H48O11/c1-4-6-8-10-30-53-36-21-25-40(26-22-36)55-44(48)33-12-17-38(18-13-33)57-46(50)35-16-29-43(52-3)42(32-35)47(51)58-39-19-14-34(15-20-39)45(49)56-41-27-23-37(24-28-41)54-31-11-9-7-5-2/h12-29,32H,4-11,30-31H2,1-3H3. The summed E-state index contributed by atoms with van der Waals surface area (Å²) in [6.45, 7) is 5.58. The number of ether oxygens (including phenoxy) is 7. The smallest absolute Gasteiger partial charge is 0.347 e. The summed E-state index contributed by atoms with van der Waals surface area (Å²) in [7, 11) is 1.38. The highest BCUT2D eigenvalue weighted by molar-refractivity contribution is 5.99. The Bertz CT molecular complexity index is 2090. The second-order valence-corrected chi connectivity index (χ2v) is 13.3. The van der Waals surface area contributed by atoms with Gasteiger partial charge in [0.05, 0.1) is 37.0 Å². The molecule has 0 heterocycles. The number of hydrogen-bond donors (Lipinski definition) is 0. The molecule has 0 aliphatic heterocycles. The van der Waals surface area contributed by atoms with Crippen LogP contribution in [0.2, 0.25) is 0 Å². The van der Waals surface area contributed by atoms with Gasteiger partial charge >= 0.3 is 23.9 Å². The van der Waals surface area contributed by atoms with Crippen LogP contribution in [-0.4, -0.2) is 44.2 Å². The molecule has 5 aromatic rings. The number of unbranched alkanes of at least 4 members (excludes halogenated alkanes) is 6. The van der Waals surface area contributed by atoms with E-state index in [2.05, 4.69) is 13.8 Å². The zero-order valence-corrected chi connectivity index (χ0v) is 33.0. The fraction of sp³-hybridized carbons (Fsp3) is 0.277. The molecule has 0 N–H and O–H groups in total.